The van der Waals surface area contributed by atoms with Crippen LogP contribution in [-0.2, 0) is 4.74 Å². The van der Waals surface area contributed by atoms with E-state index in [-0.39, 0.29) is 17.2 Å². The van der Waals surface area contributed by atoms with Gasteiger partial charge in [-0.25, -0.2) is 4.52 Å². The molecule has 2 atom stereocenters. The van der Waals surface area contributed by atoms with Gasteiger partial charge in [0.05, 0.1) is 22.9 Å². The van der Waals surface area contributed by atoms with E-state index in [2.05, 4.69) is 50.2 Å². The van der Waals surface area contributed by atoms with Gasteiger partial charge in [-0.05, 0) is 53.3 Å². The van der Waals surface area contributed by atoms with Gasteiger partial charge < -0.3 is 10.1 Å². The predicted molar refractivity (Wildman–Crippen MR) is 84.3 cm³/mol. The Kier molecular flexibility index (Phi) is 3.34. The van der Waals surface area contributed by atoms with Crippen LogP contribution in [0.1, 0.15) is 45.7 Å². The van der Waals surface area contributed by atoms with Crippen LogP contribution < -0.4 is 5.32 Å². The maximum atomic E-state index is 6.27. The minimum absolute atomic E-state index is 0.0771. The van der Waals surface area contributed by atoms with Crippen molar-refractivity contribution in [2.75, 3.05) is 7.05 Å². The molecule has 2 unspecified atom stereocenters. The lowest BCUT2D eigenvalue weighted by atomic mass is 9.79. The Hall–Kier alpha value is -1.39. The molecule has 21 heavy (non-hydrogen) atoms. The van der Waals surface area contributed by atoms with Gasteiger partial charge in [-0.2, -0.15) is 5.10 Å². The summed E-state index contributed by atoms with van der Waals surface area (Å²) in [5, 5.41) is 7.98. The number of hydrogen-bond acceptors (Lipinski definition) is 3. The van der Waals surface area contributed by atoms with Gasteiger partial charge >= 0.3 is 0 Å². The fourth-order valence-corrected chi connectivity index (χ4v) is 3.89. The summed E-state index contributed by atoms with van der Waals surface area (Å²) in [6.45, 7) is 8.75. The van der Waals surface area contributed by atoms with E-state index in [1.807, 2.05) is 30.0 Å². The molecule has 0 saturated carbocycles. The summed E-state index contributed by atoms with van der Waals surface area (Å²) in [4.78, 5) is 0. The van der Waals surface area contributed by atoms with E-state index in [0.717, 1.165) is 11.9 Å². The first kappa shape index (κ1) is 14.5. The van der Waals surface area contributed by atoms with Crippen LogP contribution in [-0.4, -0.2) is 27.9 Å². The number of rotatable bonds is 3. The lowest BCUT2D eigenvalue weighted by Gasteiger charge is -2.32. The number of aromatic nitrogens is 2. The molecule has 1 aliphatic rings. The monoisotopic (exact) mass is 287 g/mol. The Morgan fingerprint density at radius 3 is 2.71 bits per heavy atom. The van der Waals surface area contributed by atoms with Gasteiger partial charge in [0.2, 0.25) is 0 Å². The van der Waals surface area contributed by atoms with E-state index in [4.69, 9.17) is 4.74 Å². The summed E-state index contributed by atoms with van der Waals surface area (Å²) >= 11 is 0. The first-order valence-electron chi connectivity index (χ1n) is 7.64. The fourth-order valence-electron chi connectivity index (χ4n) is 3.89. The Morgan fingerprint density at radius 1 is 1.33 bits per heavy atom. The highest BCUT2D eigenvalue weighted by atomic mass is 16.5. The lowest BCUT2D eigenvalue weighted by Crippen LogP contribution is -2.37. The minimum atomic E-state index is -0.153. The van der Waals surface area contributed by atoms with Crippen LogP contribution in [0.4, 0.5) is 0 Å². The van der Waals surface area contributed by atoms with E-state index < -0.39 is 0 Å². The SMILES string of the molecule is CNC(c1cnn2ccccc12)C1CC(C)(C)OC1(C)C. The van der Waals surface area contributed by atoms with Gasteiger partial charge in [0.1, 0.15) is 0 Å². The van der Waals surface area contributed by atoms with Gasteiger partial charge in [-0.3, -0.25) is 0 Å². The van der Waals surface area contributed by atoms with E-state index in [0.29, 0.717) is 5.92 Å². The highest BCUT2D eigenvalue weighted by molar-refractivity contribution is 5.55. The van der Waals surface area contributed by atoms with E-state index in [1.165, 1.54) is 5.56 Å². The first-order chi connectivity index (χ1) is 9.84. The molecular weight excluding hydrogens is 262 g/mol. The van der Waals surface area contributed by atoms with Crippen LogP contribution in [0.3, 0.4) is 0 Å². The molecule has 114 valence electrons. The molecule has 0 spiro atoms. The summed E-state index contributed by atoms with van der Waals surface area (Å²) in [6, 6.07) is 6.43. The first-order valence-corrected chi connectivity index (χ1v) is 7.64. The topological polar surface area (TPSA) is 38.6 Å². The quantitative estimate of drug-likeness (QED) is 0.942. The summed E-state index contributed by atoms with van der Waals surface area (Å²) in [5.74, 6) is 0.408. The van der Waals surface area contributed by atoms with Gasteiger partial charge in [-0.1, -0.05) is 6.07 Å². The highest BCUT2D eigenvalue weighted by Crippen LogP contribution is 2.48. The van der Waals surface area contributed by atoms with Crippen LogP contribution >= 0.6 is 0 Å². The second-order valence-corrected chi connectivity index (χ2v) is 7.17. The third kappa shape index (κ3) is 2.47. The van der Waals surface area contributed by atoms with Gasteiger partial charge in [0.15, 0.2) is 0 Å². The van der Waals surface area contributed by atoms with Crippen molar-refractivity contribution in [3.63, 3.8) is 0 Å². The van der Waals surface area contributed by atoms with Crippen molar-refractivity contribution in [2.45, 2.75) is 51.4 Å². The second-order valence-electron chi connectivity index (χ2n) is 7.17. The summed E-state index contributed by atoms with van der Waals surface area (Å²) in [6.07, 6.45) is 5.01. The molecule has 1 saturated heterocycles. The number of hydrogen-bond donors (Lipinski definition) is 1. The Bertz CT molecular complexity index is 644. The van der Waals surface area contributed by atoms with Gasteiger partial charge in [0.25, 0.3) is 0 Å². The molecule has 0 amide bonds. The second kappa shape index (κ2) is 4.82. The van der Waals surface area contributed by atoms with Crippen LogP contribution in [0.5, 0.6) is 0 Å². The van der Waals surface area contributed by atoms with Crippen LogP contribution in [0.25, 0.3) is 5.52 Å². The average molecular weight is 287 g/mol. The Morgan fingerprint density at radius 2 is 2.10 bits per heavy atom. The van der Waals surface area contributed by atoms with Crippen molar-refractivity contribution >= 4 is 5.52 Å². The molecule has 4 heteroatoms. The molecule has 0 aliphatic carbocycles. The average Bonchev–Trinajstić information content (AvgIpc) is 2.90. The van der Waals surface area contributed by atoms with Crippen molar-refractivity contribution in [1.29, 1.82) is 0 Å². The molecule has 2 aromatic rings. The molecule has 4 nitrogen and oxygen atoms in total. The molecule has 1 N–H and O–H groups in total. The maximum absolute atomic E-state index is 6.27. The van der Waals surface area contributed by atoms with Crippen molar-refractivity contribution in [3.05, 3.63) is 36.2 Å². The normalized spacial score (nSPS) is 25.3. The zero-order valence-electron chi connectivity index (χ0n) is 13.6. The maximum Gasteiger partial charge on any atom is 0.0709 e. The molecule has 2 aromatic heterocycles. The Balaban J connectivity index is 2.03. The number of nitrogens with zero attached hydrogens (tertiary/aromatic N) is 2. The van der Waals surface area contributed by atoms with Crippen LogP contribution in [0, 0.1) is 5.92 Å². The largest absolute Gasteiger partial charge is 0.369 e. The van der Waals surface area contributed by atoms with Gasteiger partial charge in [-0.15, -0.1) is 0 Å². The summed E-state index contributed by atoms with van der Waals surface area (Å²) < 4.78 is 8.21. The zero-order valence-corrected chi connectivity index (χ0v) is 13.6. The van der Waals surface area contributed by atoms with Crippen molar-refractivity contribution in [1.82, 2.24) is 14.9 Å². The predicted octanol–water partition coefficient (Wildman–Crippen LogP) is 3.19. The molecule has 1 aliphatic heterocycles. The van der Waals surface area contributed by atoms with Crippen LogP contribution in [0.2, 0.25) is 0 Å². The van der Waals surface area contributed by atoms with Crippen molar-refractivity contribution in [2.24, 2.45) is 5.92 Å². The van der Waals surface area contributed by atoms with E-state index in [9.17, 15) is 0 Å². The lowest BCUT2D eigenvalue weighted by molar-refractivity contribution is -0.0776. The number of ether oxygens (including phenoxy) is 1. The molecule has 0 aromatic carbocycles. The summed E-state index contributed by atoms with van der Waals surface area (Å²) in [7, 11) is 2.03. The van der Waals surface area contributed by atoms with Crippen molar-refractivity contribution in [3.8, 4) is 0 Å². The highest BCUT2D eigenvalue weighted by Gasteiger charge is 2.49. The molecule has 0 radical (unpaired) electrons. The van der Waals surface area contributed by atoms with Crippen LogP contribution in [0.15, 0.2) is 30.6 Å². The minimum Gasteiger partial charge on any atom is -0.369 e. The third-order valence-corrected chi connectivity index (χ3v) is 4.65. The molecule has 3 rings (SSSR count). The third-order valence-electron chi connectivity index (χ3n) is 4.65. The molecule has 1 fully saturated rings. The number of fused-ring (bicyclic) bond motifs is 1. The molecular formula is C17H25N3O. The molecule has 0 bridgehead atoms. The van der Waals surface area contributed by atoms with E-state index in [1.54, 1.807) is 0 Å². The Labute approximate surface area is 126 Å². The number of pyridine rings is 1. The smallest absolute Gasteiger partial charge is 0.0709 e. The molecule has 3 heterocycles. The van der Waals surface area contributed by atoms with Crippen molar-refractivity contribution < 1.29 is 4.74 Å². The standard InChI is InChI=1S/C17H25N3O/c1-16(2)10-13(17(3,4)21-16)15(18-5)12-11-19-20-9-7-6-8-14(12)20/h6-9,11,13,15,18H,10H2,1-5H3. The number of nitrogens with one attached hydrogen (secondary N) is 1. The summed E-state index contributed by atoms with van der Waals surface area (Å²) in [5.41, 5.74) is 2.18. The van der Waals surface area contributed by atoms with Gasteiger partial charge in [0, 0.05) is 23.7 Å². The zero-order chi connectivity index (χ0) is 15.3. The van der Waals surface area contributed by atoms with E-state index >= 15 is 0 Å². The fraction of sp³-hybridized carbons (Fsp3) is 0.588.